The number of methoxy groups -OCH3 is 1. The van der Waals surface area contributed by atoms with Gasteiger partial charge in [0.15, 0.2) is 0 Å². The van der Waals surface area contributed by atoms with Crippen LogP contribution in [0.2, 0.25) is 0 Å². The van der Waals surface area contributed by atoms with E-state index in [-0.39, 0.29) is 5.97 Å². The van der Waals surface area contributed by atoms with Gasteiger partial charge in [0.2, 0.25) is 0 Å². The van der Waals surface area contributed by atoms with Crippen molar-refractivity contribution in [3.05, 3.63) is 70.8 Å². The van der Waals surface area contributed by atoms with Gasteiger partial charge in [-0.25, -0.2) is 4.79 Å². The number of esters is 1. The number of rotatable bonds is 3. The Morgan fingerprint density at radius 1 is 1.14 bits per heavy atom. The van der Waals surface area contributed by atoms with Crippen LogP contribution in [-0.2, 0) is 24.0 Å². The quantitative estimate of drug-likeness (QED) is 0.799. The first-order valence-corrected chi connectivity index (χ1v) is 7.50. The summed E-state index contributed by atoms with van der Waals surface area (Å²) in [6, 6.07) is 16.7. The molecule has 1 unspecified atom stereocenters. The van der Waals surface area contributed by atoms with Gasteiger partial charge in [-0.05, 0) is 60.4 Å². The highest BCUT2D eigenvalue weighted by Crippen LogP contribution is 2.28. The van der Waals surface area contributed by atoms with Crippen molar-refractivity contribution < 1.29 is 9.53 Å². The highest BCUT2D eigenvalue weighted by Gasteiger charge is 2.20. The molecular weight excluding hydrogens is 260 g/mol. The molecule has 0 fully saturated rings. The van der Waals surface area contributed by atoms with Crippen LogP contribution in [0.15, 0.2) is 48.5 Å². The highest BCUT2D eigenvalue weighted by molar-refractivity contribution is 5.89. The third-order valence-electron chi connectivity index (χ3n) is 4.33. The summed E-state index contributed by atoms with van der Waals surface area (Å²) in [6.07, 6.45) is 4.48. The molecule has 0 radical (unpaired) electrons. The van der Waals surface area contributed by atoms with Gasteiger partial charge in [0.05, 0.1) is 12.7 Å². The van der Waals surface area contributed by atoms with Crippen LogP contribution in [0, 0.1) is 5.92 Å². The van der Waals surface area contributed by atoms with Crippen molar-refractivity contribution in [1.29, 1.82) is 0 Å². The molecule has 0 aliphatic heterocycles. The first kappa shape index (κ1) is 13.9. The molecule has 2 aromatic rings. The van der Waals surface area contributed by atoms with Gasteiger partial charge in [0.25, 0.3) is 0 Å². The molecule has 1 aliphatic carbocycles. The van der Waals surface area contributed by atoms with Crippen molar-refractivity contribution >= 4 is 5.97 Å². The van der Waals surface area contributed by atoms with Gasteiger partial charge in [0, 0.05) is 0 Å². The lowest BCUT2D eigenvalue weighted by atomic mass is 9.80. The number of hydrogen-bond donors (Lipinski definition) is 0. The van der Waals surface area contributed by atoms with Gasteiger partial charge in [-0.15, -0.1) is 0 Å². The molecule has 0 bridgehead atoms. The van der Waals surface area contributed by atoms with Gasteiger partial charge in [-0.3, -0.25) is 0 Å². The van der Waals surface area contributed by atoms with Crippen molar-refractivity contribution in [2.75, 3.05) is 7.11 Å². The summed E-state index contributed by atoms with van der Waals surface area (Å²) >= 11 is 0. The van der Waals surface area contributed by atoms with E-state index >= 15 is 0 Å². The fraction of sp³-hybridized carbons (Fsp3) is 0.316. The van der Waals surface area contributed by atoms with Crippen LogP contribution in [0.4, 0.5) is 0 Å². The van der Waals surface area contributed by atoms with Gasteiger partial charge in [-0.2, -0.15) is 0 Å². The van der Waals surface area contributed by atoms with E-state index in [1.807, 2.05) is 12.1 Å². The molecule has 108 valence electrons. The normalized spacial score (nSPS) is 17.1. The van der Waals surface area contributed by atoms with E-state index in [4.69, 9.17) is 4.74 Å². The first-order chi connectivity index (χ1) is 10.3. The zero-order valence-electron chi connectivity index (χ0n) is 12.3. The molecular formula is C19H20O2. The lowest BCUT2D eigenvalue weighted by Gasteiger charge is -2.25. The maximum atomic E-state index is 11.6. The van der Waals surface area contributed by atoms with E-state index in [0.29, 0.717) is 11.5 Å². The number of carbonyl (C=O) groups is 1. The summed E-state index contributed by atoms with van der Waals surface area (Å²) in [4.78, 5) is 11.6. The van der Waals surface area contributed by atoms with Gasteiger partial charge < -0.3 is 4.74 Å². The molecule has 2 heteroatoms. The summed E-state index contributed by atoms with van der Waals surface area (Å²) in [7, 11) is 1.43. The van der Waals surface area contributed by atoms with Crippen molar-refractivity contribution in [1.82, 2.24) is 0 Å². The minimum Gasteiger partial charge on any atom is -0.465 e. The van der Waals surface area contributed by atoms with Gasteiger partial charge in [0.1, 0.15) is 0 Å². The molecule has 1 atom stereocenters. The topological polar surface area (TPSA) is 26.3 Å². The average Bonchev–Trinajstić information content (AvgIpc) is 2.54. The van der Waals surface area contributed by atoms with Crippen molar-refractivity contribution in [2.45, 2.75) is 25.7 Å². The third kappa shape index (κ3) is 3.15. The first-order valence-electron chi connectivity index (χ1n) is 7.50. The summed E-state index contributed by atoms with van der Waals surface area (Å²) in [5.41, 5.74) is 4.77. The lowest BCUT2D eigenvalue weighted by molar-refractivity contribution is 0.0600. The summed E-state index contributed by atoms with van der Waals surface area (Å²) in [6.45, 7) is 0. The predicted molar refractivity (Wildman–Crippen MR) is 83.4 cm³/mol. The number of ether oxygens (including phenoxy) is 1. The van der Waals surface area contributed by atoms with E-state index < -0.39 is 0 Å². The van der Waals surface area contributed by atoms with Crippen LogP contribution < -0.4 is 0 Å². The highest BCUT2D eigenvalue weighted by atomic mass is 16.5. The number of fused-ring (bicyclic) bond motifs is 1. The fourth-order valence-corrected chi connectivity index (χ4v) is 3.20. The molecule has 2 aromatic carbocycles. The number of carbonyl (C=O) groups excluding carboxylic acids is 1. The van der Waals surface area contributed by atoms with Gasteiger partial charge >= 0.3 is 5.97 Å². The van der Waals surface area contributed by atoms with E-state index in [2.05, 4.69) is 36.4 Å². The second-order valence-electron chi connectivity index (χ2n) is 5.77. The Hall–Kier alpha value is -2.09. The van der Waals surface area contributed by atoms with E-state index in [1.165, 1.54) is 30.2 Å². The van der Waals surface area contributed by atoms with Crippen LogP contribution in [0.3, 0.4) is 0 Å². The van der Waals surface area contributed by atoms with Crippen molar-refractivity contribution in [2.24, 2.45) is 5.92 Å². The molecule has 0 heterocycles. The van der Waals surface area contributed by atoms with Crippen molar-refractivity contribution in [3.8, 4) is 0 Å². The van der Waals surface area contributed by atoms with Crippen molar-refractivity contribution in [3.63, 3.8) is 0 Å². The zero-order valence-corrected chi connectivity index (χ0v) is 12.3. The third-order valence-corrected chi connectivity index (χ3v) is 4.33. The van der Waals surface area contributed by atoms with Gasteiger partial charge in [-0.1, -0.05) is 36.4 Å². The van der Waals surface area contributed by atoms with Crippen LogP contribution in [0.1, 0.15) is 33.5 Å². The Kier molecular flexibility index (Phi) is 4.05. The number of benzene rings is 2. The Bertz CT molecular complexity index is 631. The van der Waals surface area contributed by atoms with E-state index in [9.17, 15) is 4.79 Å². The number of aryl methyl sites for hydroxylation is 1. The van der Waals surface area contributed by atoms with Crippen LogP contribution >= 0.6 is 0 Å². The largest absolute Gasteiger partial charge is 0.465 e. The smallest absolute Gasteiger partial charge is 0.337 e. The summed E-state index contributed by atoms with van der Waals surface area (Å²) < 4.78 is 4.79. The second kappa shape index (κ2) is 6.13. The SMILES string of the molecule is COC(=O)c1ccc2c(c1)CCC(Cc1ccccc1)C2. The molecule has 21 heavy (non-hydrogen) atoms. The Balaban J connectivity index is 1.73. The molecule has 0 spiro atoms. The van der Waals surface area contributed by atoms with E-state index in [1.54, 1.807) is 0 Å². The molecule has 1 aliphatic rings. The minimum absolute atomic E-state index is 0.246. The fourth-order valence-electron chi connectivity index (χ4n) is 3.20. The molecule has 3 rings (SSSR count). The minimum atomic E-state index is -0.246. The monoisotopic (exact) mass is 280 g/mol. The molecule has 0 aromatic heterocycles. The zero-order chi connectivity index (χ0) is 14.7. The Labute approximate surface area is 125 Å². The average molecular weight is 280 g/mol. The van der Waals surface area contributed by atoms with Crippen LogP contribution in [0.25, 0.3) is 0 Å². The molecule has 0 saturated carbocycles. The van der Waals surface area contributed by atoms with Crippen LogP contribution in [0.5, 0.6) is 0 Å². The van der Waals surface area contributed by atoms with E-state index in [0.717, 1.165) is 19.3 Å². The summed E-state index contributed by atoms with van der Waals surface area (Å²) in [5.74, 6) is 0.452. The Morgan fingerprint density at radius 3 is 2.71 bits per heavy atom. The summed E-state index contributed by atoms with van der Waals surface area (Å²) in [5, 5.41) is 0. The standard InChI is InChI=1S/C19H20O2/c1-21-19(20)18-10-9-16-12-15(7-8-17(16)13-18)11-14-5-3-2-4-6-14/h2-6,9-10,13,15H,7-8,11-12H2,1H3. The predicted octanol–water partition coefficient (Wildman–Crippen LogP) is 3.82. The molecule has 0 saturated heterocycles. The number of hydrogen-bond acceptors (Lipinski definition) is 2. The lowest BCUT2D eigenvalue weighted by Crippen LogP contribution is -2.17. The maximum absolute atomic E-state index is 11.6. The Morgan fingerprint density at radius 2 is 1.95 bits per heavy atom. The molecule has 0 N–H and O–H groups in total. The molecule has 0 amide bonds. The maximum Gasteiger partial charge on any atom is 0.337 e. The second-order valence-corrected chi connectivity index (χ2v) is 5.77. The molecule has 2 nitrogen and oxygen atoms in total. The van der Waals surface area contributed by atoms with Crippen LogP contribution in [-0.4, -0.2) is 13.1 Å².